The fourth-order valence-electron chi connectivity index (χ4n) is 2.86. The van der Waals surface area contributed by atoms with E-state index in [0.29, 0.717) is 11.3 Å². The number of hydrogen-bond donors (Lipinski definition) is 2. The molecule has 0 unspecified atom stereocenters. The van der Waals surface area contributed by atoms with E-state index in [0.717, 1.165) is 12.0 Å². The Labute approximate surface area is 159 Å². The number of nitrogens with one attached hydrogen (secondary N) is 2. The van der Waals surface area contributed by atoms with Crippen molar-refractivity contribution in [2.75, 3.05) is 5.32 Å². The van der Waals surface area contributed by atoms with Gasteiger partial charge in [-0.25, -0.2) is 5.43 Å². The van der Waals surface area contributed by atoms with E-state index in [4.69, 9.17) is 0 Å². The molecule has 1 aliphatic carbocycles. The predicted molar refractivity (Wildman–Crippen MR) is 98.8 cm³/mol. The van der Waals surface area contributed by atoms with Gasteiger partial charge in [0.15, 0.2) is 0 Å². The molecule has 1 fully saturated rings. The van der Waals surface area contributed by atoms with Crippen molar-refractivity contribution in [3.05, 3.63) is 65.7 Å². The normalized spacial score (nSPS) is 19.1. The maximum Gasteiger partial charge on any atom is 0.471 e. The molecule has 2 N–H and O–H groups in total. The second-order valence-electron chi connectivity index (χ2n) is 6.57. The van der Waals surface area contributed by atoms with Crippen molar-refractivity contribution in [2.45, 2.75) is 25.4 Å². The summed E-state index contributed by atoms with van der Waals surface area (Å²) in [4.78, 5) is 23.3. The van der Waals surface area contributed by atoms with Gasteiger partial charge in [-0.1, -0.05) is 42.5 Å². The third kappa shape index (κ3) is 4.76. The van der Waals surface area contributed by atoms with E-state index in [-0.39, 0.29) is 23.4 Å². The van der Waals surface area contributed by atoms with E-state index < -0.39 is 12.1 Å². The lowest BCUT2D eigenvalue weighted by Crippen LogP contribution is -2.30. The van der Waals surface area contributed by atoms with Crippen LogP contribution in [0.1, 0.15) is 30.4 Å². The van der Waals surface area contributed by atoms with Crippen LogP contribution in [-0.2, 0) is 9.59 Å². The number of nitrogens with zero attached hydrogens (tertiary/aromatic N) is 1. The molecule has 2 aromatic carbocycles. The molecule has 8 heteroatoms. The monoisotopic (exact) mass is 389 g/mol. The molecule has 2 amide bonds. The summed E-state index contributed by atoms with van der Waals surface area (Å²) in [6.07, 6.45) is -4.21. The van der Waals surface area contributed by atoms with Crippen LogP contribution in [0.4, 0.5) is 18.9 Å². The molecule has 2 aromatic rings. The zero-order valence-corrected chi connectivity index (χ0v) is 15.0. The van der Waals surface area contributed by atoms with Crippen molar-refractivity contribution in [2.24, 2.45) is 11.0 Å². The molecular formula is C20H18F3N3O2. The van der Waals surface area contributed by atoms with Crippen LogP contribution in [0.15, 0.2) is 59.7 Å². The van der Waals surface area contributed by atoms with Gasteiger partial charge >= 0.3 is 12.1 Å². The highest BCUT2D eigenvalue weighted by atomic mass is 19.4. The molecule has 5 nitrogen and oxygen atoms in total. The minimum Gasteiger partial charge on any atom is -0.318 e. The Morgan fingerprint density at radius 2 is 1.79 bits per heavy atom. The van der Waals surface area contributed by atoms with E-state index in [2.05, 4.69) is 10.5 Å². The predicted octanol–water partition coefficient (Wildman–Crippen LogP) is 3.83. The minimum atomic E-state index is -4.97. The minimum absolute atomic E-state index is 0.00737. The summed E-state index contributed by atoms with van der Waals surface area (Å²) < 4.78 is 37.1. The molecule has 2 atom stereocenters. The maximum atomic E-state index is 12.4. The second-order valence-corrected chi connectivity index (χ2v) is 6.57. The molecule has 0 bridgehead atoms. The number of benzene rings is 2. The highest BCUT2D eigenvalue weighted by Gasteiger charge is 2.43. The van der Waals surface area contributed by atoms with E-state index >= 15 is 0 Å². The molecule has 0 spiro atoms. The number of carbonyl (C=O) groups excluding carboxylic acids is 2. The lowest BCUT2D eigenvalue weighted by Gasteiger charge is -2.09. The third-order valence-electron chi connectivity index (χ3n) is 4.48. The number of carbonyl (C=O) groups is 2. The van der Waals surface area contributed by atoms with Gasteiger partial charge in [-0.2, -0.15) is 18.3 Å². The molecule has 0 aromatic heterocycles. The quantitative estimate of drug-likeness (QED) is 0.603. The zero-order chi connectivity index (χ0) is 20.3. The van der Waals surface area contributed by atoms with Gasteiger partial charge < -0.3 is 5.32 Å². The van der Waals surface area contributed by atoms with Gasteiger partial charge in [-0.05, 0) is 42.5 Å². The third-order valence-corrected chi connectivity index (χ3v) is 4.48. The van der Waals surface area contributed by atoms with Gasteiger partial charge in [0, 0.05) is 11.6 Å². The standard InChI is InChI=1S/C20H18F3N3O2/c1-12(14-8-5-9-15(10-14)24-19(28)20(21,22)23)25-26-18(27)17-11-16(17)13-6-3-2-4-7-13/h2-10,16-17H,11H2,1H3,(H,24,28)(H,26,27)/b25-12+/t16-,17-/m0/s1. The number of hydrazone groups is 1. The zero-order valence-electron chi connectivity index (χ0n) is 15.0. The Balaban J connectivity index is 1.60. The summed E-state index contributed by atoms with van der Waals surface area (Å²) in [5.74, 6) is -2.21. The van der Waals surface area contributed by atoms with Gasteiger partial charge in [0.05, 0.1) is 5.71 Å². The molecule has 0 radical (unpaired) electrons. The Kier molecular flexibility index (Phi) is 5.48. The fourth-order valence-corrected chi connectivity index (χ4v) is 2.86. The molecule has 0 aliphatic heterocycles. The summed E-state index contributed by atoms with van der Waals surface area (Å²) in [7, 11) is 0. The number of anilines is 1. The largest absolute Gasteiger partial charge is 0.471 e. The van der Waals surface area contributed by atoms with Crippen LogP contribution < -0.4 is 10.7 Å². The van der Waals surface area contributed by atoms with Crippen LogP contribution in [0.5, 0.6) is 0 Å². The van der Waals surface area contributed by atoms with Crippen LogP contribution in [0, 0.1) is 5.92 Å². The molecule has 1 aliphatic rings. The number of alkyl halides is 3. The summed E-state index contributed by atoms with van der Waals surface area (Å²) in [6, 6.07) is 15.5. The number of amides is 2. The van der Waals surface area contributed by atoms with E-state index in [1.54, 1.807) is 18.3 Å². The van der Waals surface area contributed by atoms with Crippen molar-refractivity contribution < 1.29 is 22.8 Å². The molecule has 0 saturated heterocycles. The first-order valence-electron chi connectivity index (χ1n) is 8.63. The first-order valence-corrected chi connectivity index (χ1v) is 8.63. The van der Waals surface area contributed by atoms with Gasteiger partial charge in [-0.15, -0.1) is 0 Å². The van der Waals surface area contributed by atoms with Gasteiger partial charge in [0.1, 0.15) is 0 Å². The van der Waals surface area contributed by atoms with Gasteiger partial charge in [0.25, 0.3) is 0 Å². The first-order chi connectivity index (χ1) is 13.3. The SMILES string of the molecule is C/C(=N\NC(=O)[C@H]1C[C@H]1c1ccccc1)c1cccc(NC(=O)C(F)(F)F)c1. The van der Waals surface area contributed by atoms with Crippen molar-refractivity contribution in [3.8, 4) is 0 Å². The van der Waals surface area contributed by atoms with E-state index in [1.165, 1.54) is 18.2 Å². The van der Waals surface area contributed by atoms with Crippen LogP contribution in [0.2, 0.25) is 0 Å². The summed E-state index contributed by atoms with van der Waals surface area (Å²) in [5, 5.41) is 5.82. The lowest BCUT2D eigenvalue weighted by atomic mass is 10.1. The van der Waals surface area contributed by atoms with Crippen molar-refractivity contribution in [1.82, 2.24) is 5.43 Å². The molecule has 3 rings (SSSR count). The van der Waals surface area contributed by atoms with Crippen LogP contribution in [-0.4, -0.2) is 23.7 Å². The molecule has 0 heterocycles. The molecule has 146 valence electrons. The number of rotatable bonds is 5. The topological polar surface area (TPSA) is 70.6 Å². The molecule has 28 heavy (non-hydrogen) atoms. The van der Waals surface area contributed by atoms with E-state index in [9.17, 15) is 22.8 Å². The Morgan fingerprint density at radius 3 is 2.46 bits per heavy atom. The average Bonchev–Trinajstić information content (AvgIpc) is 3.47. The highest BCUT2D eigenvalue weighted by Crippen LogP contribution is 2.47. The second kappa shape index (κ2) is 7.84. The summed E-state index contributed by atoms with van der Waals surface area (Å²) >= 11 is 0. The maximum absolute atomic E-state index is 12.4. The summed E-state index contributed by atoms with van der Waals surface area (Å²) in [6.45, 7) is 1.62. The van der Waals surface area contributed by atoms with Crippen LogP contribution in [0.25, 0.3) is 0 Å². The lowest BCUT2D eigenvalue weighted by molar-refractivity contribution is -0.167. The Morgan fingerprint density at radius 1 is 1.07 bits per heavy atom. The Hall–Kier alpha value is -3.16. The molecular weight excluding hydrogens is 371 g/mol. The summed E-state index contributed by atoms with van der Waals surface area (Å²) in [5.41, 5.74) is 4.50. The van der Waals surface area contributed by atoms with Gasteiger partial charge in [0.2, 0.25) is 5.91 Å². The smallest absolute Gasteiger partial charge is 0.318 e. The first kappa shape index (κ1) is 19.6. The van der Waals surface area contributed by atoms with Gasteiger partial charge in [-0.3, -0.25) is 9.59 Å². The average molecular weight is 389 g/mol. The van der Waals surface area contributed by atoms with Crippen molar-refractivity contribution in [1.29, 1.82) is 0 Å². The van der Waals surface area contributed by atoms with Crippen molar-refractivity contribution >= 4 is 23.2 Å². The van der Waals surface area contributed by atoms with Crippen molar-refractivity contribution in [3.63, 3.8) is 0 Å². The number of halogens is 3. The highest BCUT2D eigenvalue weighted by molar-refractivity contribution is 6.01. The van der Waals surface area contributed by atoms with E-state index in [1.807, 2.05) is 30.3 Å². The number of hydrogen-bond acceptors (Lipinski definition) is 3. The molecule has 1 saturated carbocycles. The fraction of sp³-hybridized carbons (Fsp3) is 0.250. The van der Waals surface area contributed by atoms with Crippen LogP contribution >= 0.6 is 0 Å². The van der Waals surface area contributed by atoms with Crippen LogP contribution in [0.3, 0.4) is 0 Å². The Bertz CT molecular complexity index is 910.